The molecule has 144 valence electrons. The number of amides is 2. The van der Waals surface area contributed by atoms with Crippen LogP contribution in [0.1, 0.15) is 6.92 Å². The Hall–Kier alpha value is -2.87. The fourth-order valence-corrected chi connectivity index (χ4v) is 2.57. The van der Waals surface area contributed by atoms with Crippen molar-refractivity contribution in [3.63, 3.8) is 0 Å². The Kier molecular flexibility index (Phi) is 6.57. The van der Waals surface area contributed by atoms with Gasteiger partial charge in [0.1, 0.15) is 18.0 Å². The summed E-state index contributed by atoms with van der Waals surface area (Å²) in [6, 6.07) is 5.87. The number of ether oxygens (including phenoxy) is 2. The highest BCUT2D eigenvalue weighted by Gasteiger charge is 2.22. The molecule has 0 aromatic heterocycles. The molecular weight excluding hydrogens is 382 g/mol. The lowest BCUT2D eigenvalue weighted by Gasteiger charge is -2.23. The van der Waals surface area contributed by atoms with Gasteiger partial charge in [-0.1, -0.05) is 11.6 Å². The van der Waals surface area contributed by atoms with E-state index in [0.717, 1.165) is 17.0 Å². The molecule has 0 atom stereocenters. The van der Waals surface area contributed by atoms with E-state index in [9.17, 15) is 18.4 Å². The van der Waals surface area contributed by atoms with E-state index in [0.29, 0.717) is 5.75 Å². The summed E-state index contributed by atoms with van der Waals surface area (Å²) in [5.41, 5.74) is 0.328. The molecule has 0 aliphatic rings. The zero-order valence-corrected chi connectivity index (χ0v) is 15.6. The predicted molar refractivity (Wildman–Crippen MR) is 97.6 cm³/mol. The van der Waals surface area contributed by atoms with Crippen molar-refractivity contribution in [3.05, 3.63) is 47.0 Å². The van der Waals surface area contributed by atoms with E-state index in [1.54, 1.807) is 0 Å². The van der Waals surface area contributed by atoms with Gasteiger partial charge in [-0.3, -0.25) is 14.5 Å². The van der Waals surface area contributed by atoms with Crippen molar-refractivity contribution >= 4 is 34.8 Å². The zero-order valence-electron chi connectivity index (χ0n) is 14.8. The number of hydrogen-bond donors (Lipinski definition) is 1. The van der Waals surface area contributed by atoms with Gasteiger partial charge in [-0.15, -0.1) is 0 Å². The molecule has 0 heterocycles. The summed E-state index contributed by atoms with van der Waals surface area (Å²) in [7, 11) is 2.80. The highest BCUT2D eigenvalue weighted by Crippen LogP contribution is 2.38. The van der Waals surface area contributed by atoms with Crippen LogP contribution in [0.3, 0.4) is 0 Å². The highest BCUT2D eigenvalue weighted by molar-refractivity contribution is 6.32. The number of hydrogen-bond acceptors (Lipinski definition) is 4. The van der Waals surface area contributed by atoms with Crippen LogP contribution < -0.4 is 19.7 Å². The number of benzene rings is 2. The van der Waals surface area contributed by atoms with Crippen LogP contribution >= 0.6 is 11.6 Å². The standard InChI is InChI=1S/C18H17ClF2N2O4/c1-10(24)23(15-8-16(26-2)12(19)7-17(15)27-3)9-18(25)22-11-4-5-13(20)14(21)6-11/h4-8H,9H2,1-3H3,(H,22,25). The minimum absolute atomic E-state index is 0.0584. The normalized spacial score (nSPS) is 10.3. The van der Waals surface area contributed by atoms with Crippen molar-refractivity contribution in [2.24, 2.45) is 0 Å². The third-order valence-corrected chi connectivity index (χ3v) is 3.92. The van der Waals surface area contributed by atoms with Crippen LogP contribution in [0, 0.1) is 11.6 Å². The average molecular weight is 399 g/mol. The van der Waals surface area contributed by atoms with Crippen molar-refractivity contribution < 1.29 is 27.8 Å². The van der Waals surface area contributed by atoms with Crippen molar-refractivity contribution in [1.29, 1.82) is 0 Å². The number of carbonyl (C=O) groups excluding carboxylic acids is 2. The maximum Gasteiger partial charge on any atom is 0.244 e. The van der Waals surface area contributed by atoms with Gasteiger partial charge in [0, 0.05) is 30.8 Å². The summed E-state index contributed by atoms with van der Waals surface area (Å²) in [5, 5.41) is 2.68. The molecule has 1 N–H and O–H groups in total. The maximum atomic E-state index is 13.3. The summed E-state index contributed by atoms with van der Waals surface area (Å²) >= 11 is 6.05. The van der Waals surface area contributed by atoms with Crippen LogP contribution in [0.4, 0.5) is 20.2 Å². The Bertz CT molecular complexity index is 877. The molecule has 27 heavy (non-hydrogen) atoms. The van der Waals surface area contributed by atoms with Gasteiger partial charge in [-0.05, 0) is 12.1 Å². The van der Waals surface area contributed by atoms with Crippen LogP contribution in [0.25, 0.3) is 0 Å². The van der Waals surface area contributed by atoms with E-state index in [-0.39, 0.29) is 22.1 Å². The van der Waals surface area contributed by atoms with Crippen LogP contribution in [0.2, 0.25) is 5.02 Å². The average Bonchev–Trinajstić information content (AvgIpc) is 2.62. The van der Waals surface area contributed by atoms with Crippen LogP contribution in [-0.4, -0.2) is 32.6 Å². The lowest BCUT2D eigenvalue weighted by Crippen LogP contribution is -2.37. The Balaban J connectivity index is 2.28. The Morgan fingerprint density at radius 2 is 1.74 bits per heavy atom. The van der Waals surface area contributed by atoms with Crippen LogP contribution in [-0.2, 0) is 9.59 Å². The van der Waals surface area contributed by atoms with Crippen molar-refractivity contribution in [2.45, 2.75) is 6.92 Å². The molecule has 0 bridgehead atoms. The van der Waals surface area contributed by atoms with Crippen molar-refractivity contribution in [2.75, 3.05) is 31.0 Å². The van der Waals surface area contributed by atoms with Gasteiger partial charge >= 0.3 is 0 Å². The number of halogens is 3. The fraction of sp³-hybridized carbons (Fsp3) is 0.222. The number of nitrogens with zero attached hydrogens (tertiary/aromatic N) is 1. The summed E-state index contributed by atoms with van der Waals surface area (Å²) in [6.07, 6.45) is 0. The van der Waals surface area contributed by atoms with E-state index in [2.05, 4.69) is 5.32 Å². The number of methoxy groups -OCH3 is 2. The second kappa shape index (κ2) is 8.68. The smallest absolute Gasteiger partial charge is 0.244 e. The molecule has 0 saturated carbocycles. The van der Waals surface area contributed by atoms with E-state index < -0.39 is 30.0 Å². The first-order chi connectivity index (χ1) is 12.8. The molecule has 0 aliphatic heterocycles. The Labute approximate surface area is 159 Å². The first-order valence-electron chi connectivity index (χ1n) is 7.71. The SMILES string of the molecule is COc1cc(N(CC(=O)Nc2ccc(F)c(F)c2)C(C)=O)c(OC)cc1Cl. The molecule has 2 rings (SSSR count). The number of rotatable bonds is 6. The second-order valence-corrected chi connectivity index (χ2v) is 5.85. The molecule has 2 amide bonds. The molecule has 0 saturated heterocycles. The molecule has 9 heteroatoms. The lowest BCUT2D eigenvalue weighted by molar-refractivity contribution is -0.120. The summed E-state index contributed by atoms with van der Waals surface area (Å²) < 4.78 is 36.6. The van der Waals surface area contributed by atoms with E-state index in [1.165, 1.54) is 39.3 Å². The third-order valence-electron chi connectivity index (χ3n) is 3.63. The zero-order chi connectivity index (χ0) is 20.1. The molecule has 6 nitrogen and oxygen atoms in total. The quantitative estimate of drug-likeness (QED) is 0.807. The summed E-state index contributed by atoms with van der Waals surface area (Å²) in [6.45, 7) is 0.876. The highest BCUT2D eigenvalue weighted by atomic mass is 35.5. The lowest BCUT2D eigenvalue weighted by atomic mass is 10.2. The fourth-order valence-electron chi connectivity index (χ4n) is 2.34. The first-order valence-corrected chi connectivity index (χ1v) is 8.09. The number of nitrogens with one attached hydrogen (secondary N) is 1. The van der Waals surface area contributed by atoms with Crippen molar-refractivity contribution in [1.82, 2.24) is 0 Å². The van der Waals surface area contributed by atoms with Gasteiger partial charge in [0.25, 0.3) is 0 Å². The molecule has 0 unspecified atom stereocenters. The summed E-state index contributed by atoms with van der Waals surface area (Å²) in [5.74, 6) is -2.64. The molecular formula is C18H17ClF2N2O4. The van der Waals surface area contributed by atoms with Gasteiger partial charge in [-0.25, -0.2) is 8.78 Å². The predicted octanol–water partition coefficient (Wildman–Crippen LogP) is 3.63. The van der Waals surface area contributed by atoms with E-state index in [1.807, 2.05) is 0 Å². The number of carbonyl (C=O) groups is 2. The summed E-state index contributed by atoms with van der Waals surface area (Å²) in [4.78, 5) is 25.5. The van der Waals surface area contributed by atoms with Gasteiger partial charge in [0.05, 0.1) is 24.9 Å². The topological polar surface area (TPSA) is 67.9 Å². The Morgan fingerprint density at radius 3 is 2.30 bits per heavy atom. The minimum Gasteiger partial charge on any atom is -0.495 e. The molecule has 2 aromatic carbocycles. The number of anilines is 2. The van der Waals surface area contributed by atoms with Crippen molar-refractivity contribution in [3.8, 4) is 11.5 Å². The largest absolute Gasteiger partial charge is 0.495 e. The molecule has 0 aliphatic carbocycles. The molecule has 0 spiro atoms. The molecule has 2 aromatic rings. The van der Waals surface area contributed by atoms with E-state index in [4.69, 9.17) is 21.1 Å². The maximum absolute atomic E-state index is 13.3. The van der Waals surface area contributed by atoms with E-state index >= 15 is 0 Å². The molecule has 0 radical (unpaired) electrons. The second-order valence-electron chi connectivity index (χ2n) is 5.44. The Morgan fingerprint density at radius 1 is 1.07 bits per heavy atom. The molecule has 0 fully saturated rings. The van der Waals surface area contributed by atoms with Crippen LogP contribution in [0.15, 0.2) is 30.3 Å². The van der Waals surface area contributed by atoms with Gasteiger partial charge in [0.15, 0.2) is 11.6 Å². The van der Waals surface area contributed by atoms with Gasteiger partial charge in [-0.2, -0.15) is 0 Å². The monoisotopic (exact) mass is 398 g/mol. The van der Waals surface area contributed by atoms with Gasteiger partial charge < -0.3 is 14.8 Å². The minimum atomic E-state index is -1.10. The van der Waals surface area contributed by atoms with Crippen LogP contribution in [0.5, 0.6) is 11.5 Å². The first kappa shape index (κ1) is 20.4. The third kappa shape index (κ3) is 4.85. The van der Waals surface area contributed by atoms with Gasteiger partial charge in [0.2, 0.25) is 11.8 Å².